The van der Waals surface area contributed by atoms with Crippen molar-refractivity contribution < 1.29 is 19.1 Å². The highest BCUT2D eigenvalue weighted by Crippen LogP contribution is 2.12. The molecular formula is C19H28O4. The quantitative estimate of drug-likeness (QED) is 0.460. The molecule has 0 saturated heterocycles. The summed E-state index contributed by atoms with van der Waals surface area (Å²) in [6, 6.07) is 6.42. The molecule has 1 aromatic rings. The molecule has 0 spiro atoms. The summed E-state index contributed by atoms with van der Waals surface area (Å²) in [6.07, 6.45) is 5.98. The van der Waals surface area contributed by atoms with E-state index in [9.17, 15) is 9.59 Å². The van der Waals surface area contributed by atoms with E-state index < -0.39 is 0 Å². The molecule has 0 N–H and O–H groups in total. The molecule has 23 heavy (non-hydrogen) atoms. The molecule has 0 aliphatic rings. The van der Waals surface area contributed by atoms with Crippen molar-refractivity contribution in [3.8, 4) is 0 Å². The highest BCUT2D eigenvalue weighted by Gasteiger charge is 2.13. The number of esters is 2. The normalized spacial score (nSPS) is 11.8. The fourth-order valence-electron chi connectivity index (χ4n) is 2.13. The smallest absolute Gasteiger partial charge is 0.338 e. The van der Waals surface area contributed by atoms with Gasteiger partial charge in [-0.05, 0) is 50.5 Å². The third-order valence-electron chi connectivity index (χ3n) is 3.61. The first-order valence-electron chi connectivity index (χ1n) is 8.56. The first-order valence-corrected chi connectivity index (χ1v) is 8.56. The average Bonchev–Trinajstić information content (AvgIpc) is 2.55. The number of ether oxygens (including phenoxy) is 2. The highest BCUT2D eigenvalue weighted by molar-refractivity contribution is 5.93. The Morgan fingerprint density at radius 1 is 0.913 bits per heavy atom. The Morgan fingerprint density at radius 2 is 1.48 bits per heavy atom. The Balaban J connectivity index is 2.48. The number of carbonyl (C=O) groups excluding carboxylic acids is 2. The molecule has 4 heteroatoms. The first kappa shape index (κ1) is 19.2. The van der Waals surface area contributed by atoms with Crippen molar-refractivity contribution in [2.45, 2.75) is 65.4 Å². The topological polar surface area (TPSA) is 52.6 Å². The predicted octanol–water partition coefficient (Wildman–Crippen LogP) is 4.77. The van der Waals surface area contributed by atoms with Gasteiger partial charge in [0.1, 0.15) is 0 Å². The van der Waals surface area contributed by atoms with E-state index in [2.05, 4.69) is 6.92 Å². The van der Waals surface area contributed by atoms with Crippen LogP contribution in [-0.4, -0.2) is 24.6 Å². The van der Waals surface area contributed by atoms with Gasteiger partial charge < -0.3 is 9.47 Å². The van der Waals surface area contributed by atoms with Crippen LogP contribution < -0.4 is 0 Å². The molecule has 0 amide bonds. The molecule has 1 atom stereocenters. The molecule has 1 unspecified atom stereocenters. The van der Waals surface area contributed by atoms with E-state index in [1.54, 1.807) is 24.3 Å². The minimum atomic E-state index is -0.355. The molecule has 4 nitrogen and oxygen atoms in total. The van der Waals surface area contributed by atoms with E-state index in [0.29, 0.717) is 17.7 Å². The summed E-state index contributed by atoms with van der Waals surface area (Å²) in [5.74, 6) is -0.703. The molecule has 0 aliphatic carbocycles. The van der Waals surface area contributed by atoms with Gasteiger partial charge in [-0.1, -0.05) is 33.1 Å². The van der Waals surface area contributed by atoms with Crippen LogP contribution in [0.5, 0.6) is 0 Å². The Hall–Kier alpha value is -1.84. The van der Waals surface area contributed by atoms with Crippen LogP contribution in [0.2, 0.25) is 0 Å². The first-order chi connectivity index (χ1) is 11.1. The van der Waals surface area contributed by atoms with Crippen LogP contribution in [0.3, 0.4) is 0 Å². The van der Waals surface area contributed by atoms with Crippen molar-refractivity contribution in [3.05, 3.63) is 35.4 Å². The number of carbonyl (C=O) groups is 2. The van der Waals surface area contributed by atoms with Crippen LogP contribution in [-0.2, 0) is 9.47 Å². The summed E-state index contributed by atoms with van der Waals surface area (Å²) < 4.78 is 10.5. The molecule has 1 aromatic carbocycles. The van der Waals surface area contributed by atoms with E-state index in [1.165, 1.54) is 0 Å². The van der Waals surface area contributed by atoms with Gasteiger partial charge in [-0.2, -0.15) is 0 Å². The summed E-state index contributed by atoms with van der Waals surface area (Å²) in [4.78, 5) is 23.8. The average molecular weight is 320 g/mol. The van der Waals surface area contributed by atoms with Gasteiger partial charge in [0.2, 0.25) is 0 Å². The van der Waals surface area contributed by atoms with Gasteiger partial charge in [0.25, 0.3) is 0 Å². The molecule has 0 heterocycles. The fraction of sp³-hybridized carbons (Fsp3) is 0.579. The largest absolute Gasteiger partial charge is 0.462 e. The zero-order chi connectivity index (χ0) is 17.1. The van der Waals surface area contributed by atoms with Crippen molar-refractivity contribution in [1.82, 2.24) is 0 Å². The number of hydrogen-bond acceptors (Lipinski definition) is 4. The molecule has 0 saturated carbocycles. The van der Waals surface area contributed by atoms with Crippen molar-refractivity contribution in [2.24, 2.45) is 0 Å². The number of rotatable bonds is 10. The predicted molar refractivity (Wildman–Crippen MR) is 90.7 cm³/mol. The fourth-order valence-corrected chi connectivity index (χ4v) is 2.13. The second kappa shape index (κ2) is 10.8. The highest BCUT2D eigenvalue weighted by atomic mass is 16.5. The summed E-state index contributed by atoms with van der Waals surface area (Å²) in [6.45, 7) is 6.52. The van der Waals surface area contributed by atoms with Crippen molar-refractivity contribution >= 4 is 11.9 Å². The van der Waals surface area contributed by atoms with Crippen LogP contribution in [0.1, 0.15) is 80.0 Å². The SMILES string of the molecule is CCCCCC(C)OC(=O)c1ccc(C(=O)OCCCC)cc1. The van der Waals surface area contributed by atoms with Crippen LogP contribution in [0.25, 0.3) is 0 Å². The summed E-state index contributed by atoms with van der Waals surface area (Å²) in [7, 11) is 0. The van der Waals surface area contributed by atoms with Crippen LogP contribution in [0.4, 0.5) is 0 Å². The maximum absolute atomic E-state index is 12.0. The maximum atomic E-state index is 12.0. The second-order valence-electron chi connectivity index (χ2n) is 5.78. The molecular weight excluding hydrogens is 292 g/mol. The molecule has 0 fully saturated rings. The molecule has 0 bridgehead atoms. The zero-order valence-corrected chi connectivity index (χ0v) is 14.5. The third kappa shape index (κ3) is 7.31. The van der Waals surface area contributed by atoms with Gasteiger partial charge in [-0.3, -0.25) is 0 Å². The van der Waals surface area contributed by atoms with Gasteiger partial charge in [-0.15, -0.1) is 0 Å². The van der Waals surface area contributed by atoms with Crippen molar-refractivity contribution in [1.29, 1.82) is 0 Å². The number of unbranched alkanes of at least 4 members (excludes halogenated alkanes) is 3. The number of benzene rings is 1. The standard InChI is InChI=1S/C19H28O4/c1-4-6-8-9-15(3)23-19(21)17-12-10-16(11-13-17)18(20)22-14-7-5-2/h10-13,15H,4-9,14H2,1-3H3. The van der Waals surface area contributed by atoms with E-state index >= 15 is 0 Å². The summed E-state index contributed by atoms with van der Waals surface area (Å²) in [5, 5.41) is 0. The summed E-state index contributed by atoms with van der Waals surface area (Å²) in [5.41, 5.74) is 0.908. The van der Waals surface area contributed by atoms with E-state index in [4.69, 9.17) is 9.47 Å². The molecule has 128 valence electrons. The van der Waals surface area contributed by atoms with Gasteiger partial charge in [0, 0.05) is 0 Å². The van der Waals surface area contributed by atoms with Gasteiger partial charge in [0.15, 0.2) is 0 Å². The minimum absolute atomic E-state index is 0.0901. The van der Waals surface area contributed by atoms with Crippen LogP contribution in [0.15, 0.2) is 24.3 Å². The summed E-state index contributed by atoms with van der Waals surface area (Å²) >= 11 is 0. The number of hydrogen-bond donors (Lipinski definition) is 0. The Morgan fingerprint density at radius 3 is 2.04 bits per heavy atom. The van der Waals surface area contributed by atoms with E-state index in [-0.39, 0.29) is 18.0 Å². The lowest BCUT2D eigenvalue weighted by Crippen LogP contribution is -2.15. The molecule has 0 aromatic heterocycles. The lowest BCUT2D eigenvalue weighted by molar-refractivity contribution is 0.0318. The van der Waals surface area contributed by atoms with Crippen LogP contribution >= 0.6 is 0 Å². The zero-order valence-electron chi connectivity index (χ0n) is 14.5. The lowest BCUT2D eigenvalue weighted by Gasteiger charge is -2.13. The molecule has 0 radical (unpaired) electrons. The lowest BCUT2D eigenvalue weighted by atomic mass is 10.1. The molecule has 1 rings (SSSR count). The monoisotopic (exact) mass is 320 g/mol. The second-order valence-corrected chi connectivity index (χ2v) is 5.78. The van der Waals surface area contributed by atoms with Crippen molar-refractivity contribution in [3.63, 3.8) is 0 Å². The Labute approximate surface area is 139 Å². The van der Waals surface area contributed by atoms with Crippen molar-refractivity contribution in [2.75, 3.05) is 6.61 Å². The minimum Gasteiger partial charge on any atom is -0.462 e. The van der Waals surface area contributed by atoms with Crippen LogP contribution in [0, 0.1) is 0 Å². The van der Waals surface area contributed by atoms with Gasteiger partial charge >= 0.3 is 11.9 Å². The van der Waals surface area contributed by atoms with Gasteiger partial charge in [-0.25, -0.2) is 9.59 Å². The van der Waals surface area contributed by atoms with E-state index in [1.807, 2.05) is 13.8 Å². The van der Waals surface area contributed by atoms with Gasteiger partial charge in [0.05, 0.1) is 23.8 Å². The molecule has 0 aliphatic heterocycles. The Kier molecular flexibility index (Phi) is 9.03. The maximum Gasteiger partial charge on any atom is 0.338 e. The third-order valence-corrected chi connectivity index (χ3v) is 3.61. The van der Waals surface area contributed by atoms with E-state index in [0.717, 1.165) is 38.5 Å². The Bertz CT molecular complexity index is 479.